The van der Waals surface area contributed by atoms with E-state index in [1.54, 1.807) is 19.1 Å². The van der Waals surface area contributed by atoms with Crippen molar-refractivity contribution in [2.24, 2.45) is 5.92 Å². The molecule has 0 saturated carbocycles. The summed E-state index contributed by atoms with van der Waals surface area (Å²) in [4.78, 5) is 12.1. The van der Waals surface area contributed by atoms with Gasteiger partial charge in [0.25, 0.3) is 0 Å². The van der Waals surface area contributed by atoms with E-state index in [1.165, 1.54) is 6.07 Å². The second kappa shape index (κ2) is 7.23. The van der Waals surface area contributed by atoms with E-state index in [4.69, 9.17) is 4.74 Å². The van der Waals surface area contributed by atoms with Crippen LogP contribution in [-0.2, 0) is 22.4 Å². The van der Waals surface area contributed by atoms with Crippen molar-refractivity contribution in [1.82, 2.24) is 0 Å². The first-order valence-electron chi connectivity index (χ1n) is 7.89. The third-order valence-corrected chi connectivity index (χ3v) is 4.19. The summed E-state index contributed by atoms with van der Waals surface area (Å²) in [6, 6.07) is 4.87. The van der Waals surface area contributed by atoms with Gasteiger partial charge in [0.1, 0.15) is 5.75 Å². The highest BCUT2D eigenvalue weighted by Crippen LogP contribution is 2.32. The predicted molar refractivity (Wildman–Crippen MR) is 79.1 cm³/mol. The minimum Gasteiger partial charge on any atom is -0.508 e. The van der Waals surface area contributed by atoms with Gasteiger partial charge in [-0.3, -0.25) is 4.79 Å². The Kier molecular flexibility index (Phi) is 5.55. The van der Waals surface area contributed by atoms with Crippen LogP contribution in [0, 0.1) is 5.92 Å². The molecule has 0 heterocycles. The van der Waals surface area contributed by atoms with Crippen LogP contribution in [0.5, 0.6) is 5.75 Å². The molecule has 1 unspecified atom stereocenters. The first-order chi connectivity index (χ1) is 10.8. The molecule has 2 atom stereocenters. The van der Waals surface area contributed by atoms with Crippen LogP contribution in [0.4, 0.5) is 13.2 Å². The van der Waals surface area contributed by atoms with E-state index < -0.39 is 24.2 Å². The Bertz CT molecular complexity index is 555. The summed E-state index contributed by atoms with van der Waals surface area (Å²) in [6.45, 7) is 1.79. The molecule has 0 saturated heterocycles. The maximum absolute atomic E-state index is 12.9. The van der Waals surface area contributed by atoms with Gasteiger partial charge in [-0.05, 0) is 55.4 Å². The van der Waals surface area contributed by atoms with E-state index in [0.717, 1.165) is 11.1 Å². The second-order valence-corrected chi connectivity index (χ2v) is 6.00. The lowest BCUT2D eigenvalue weighted by Crippen LogP contribution is -2.37. The highest BCUT2D eigenvalue weighted by molar-refractivity contribution is 5.73. The third kappa shape index (κ3) is 4.62. The predicted octanol–water partition coefficient (Wildman–Crippen LogP) is 4.16. The number of aryl methyl sites for hydroxylation is 1. The number of benzene rings is 1. The minimum atomic E-state index is -4.52. The van der Waals surface area contributed by atoms with E-state index in [9.17, 15) is 23.1 Å². The number of carbonyl (C=O) groups is 1. The van der Waals surface area contributed by atoms with Gasteiger partial charge in [-0.1, -0.05) is 19.4 Å². The third-order valence-electron chi connectivity index (χ3n) is 4.19. The van der Waals surface area contributed by atoms with Crippen LogP contribution in [0.25, 0.3) is 0 Å². The number of hydrogen-bond acceptors (Lipinski definition) is 3. The summed E-state index contributed by atoms with van der Waals surface area (Å²) in [5, 5.41) is 9.44. The van der Waals surface area contributed by atoms with Gasteiger partial charge < -0.3 is 9.84 Å². The van der Waals surface area contributed by atoms with Gasteiger partial charge in [-0.25, -0.2) is 0 Å². The van der Waals surface area contributed by atoms with Gasteiger partial charge in [0.2, 0.25) is 0 Å². The molecule has 2 rings (SSSR count). The number of unbranched alkanes of at least 4 members (excludes halogenated alkanes) is 1. The van der Waals surface area contributed by atoms with Crippen molar-refractivity contribution < 1.29 is 27.8 Å². The molecule has 0 fully saturated rings. The van der Waals surface area contributed by atoms with Crippen molar-refractivity contribution in [3.8, 4) is 5.75 Å². The van der Waals surface area contributed by atoms with Crippen LogP contribution < -0.4 is 0 Å². The van der Waals surface area contributed by atoms with Gasteiger partial charge in [0, 0.05) is 0 Å². The molecule has 128 valence electrons. The summed E-state index contributed by atoms with van der Waals surface area (Å²) in [6.07, 6.45) is -4.41. The van der Waals surface area contributed by atoms with Gasteiger partial charge >= 0.3 is 12.1 Å². The smallest absolute Gasteiger partial charge is 0.425 e. The Hall–Kier alpha value is -1.72. The lowest BCUT2D eigenvalue weighted by atomic mass is 9.84. The Balaban J connectivity index is 2.01. The number of phenolic OH excluding ortho intramolecular Hbond substituents is 1. The van der Waals surface area contributed by atoms with Crippen molar-refractivity contribution in [3.63, 3.8) is 0 Å². The first kappa shape index (κ1) is 17.6. The fourth-order valence-electron chi connectivity index (χ4n) is 2.86. The highest BCUT2D eigenvalue weighted by Gasteiger charge is 2.43. The number of phenols is 1. The summed E-state index contributed by atoms with van der Waals surface area (Å²) < 4.78 is 43.6. The molecule has 1 aliphatic carbocycles. The molecular formula is C17H21F3O3. The molecule has 1 aliphatic rings. The maximum atomic E-state index is 12.9. The average Bonchev–Trinajstić information content (AvgIpc) is 2.49. The van der Waals surface area contributed by atoms with Crippen LogP contribution in [0.1, 0.15) is 43.7 Å². The normalized spacial score (nSPS) is 19.0. The summed E-state index contributed by atoms with van der Waals surface area (Å²) in [5.41, 5.74) is 1.82. The SMILES string of the molecule is CCCC[C@@H](OC(=O)C1CCc2cc(O)ccc2C1)C(F)(F)F. The Morgan fingerprint density at radius 3 is 2.78 bits per heavy atom. The molecule has 0 amide bonds. The van der Waals surface area contributed by atoms with Gasteiger partial charge in [0.05, 0.1) is 5.92 Å². The Morgan fingerprint density at radius 1 is 1.39 bits per heavy atom. The van der Waals surface area contributed by atoms with Crippen molar-refractivity contribution >= 4 is 5.97 Å². The van der Waals surface area contributed by atoms with Crippen molar-refractivity contribution in [3.05, 3.63) is 29.3 Å². The van der Waals surface area contributed by atoms with Crippen LogP contribution >= 0.6 is 0 Å². The molecule has 3 nitrogen and oxygen atoms in total. The molecular weight excluding hydrogens is 309 g/mol. The minimum absolute atomic E-state index is 0.154. The number of hydrogen-bond donors (Lipinski definition) is 1. The zero-order valence-corrected chi connectivity index (χ0v) is 13.0. The second-order valence-electron chi connectivity index (χ2n) is 6.00. The fourth-order valence-corrected chi connectivity index (χ4v) is 2.86. The van der Waals surface area contributed by atoms with Crippen molar-refractivity contribution in [1.29, 1.82) is 0 Å². The maximum Gasteiger partial charge on any atom is 0.425 e. The standard InChI is InChI=1S/C17H21F3O3/c1-2-3-4-15(17(18,19)20)23-16(22)13-6-5-12-10-14(21)8-7-11(12)9-13/h7-8,10,13,15,21H,2-6,9H2,1H3/t13?,15-/m1/s1. The lowest BCUT2D eigenvalue weighted by Gasteiger charge is -2.26. The number of rotatable bonds is 5. The number of halogens is 3. The van der Waals surface area contributed by atoms with E-state index in [1.807, 2.05) is 0 Å². The molecule has 1 N–H and O–H groups in total. The van der Waals surface area contributed by atoms with E-state index in [2.05, 4.69) is 0 Å². The summed E-state index contributed by atoms with van der Waals surface area (Å²) >= 11 is 0. The van der Waals surface area contributed by atoms with E-state index >= 15 is 0 Å². The molecule has 0 spiro atoms. The van der Waals surface area contributed by atoms with Crippen LogP contribution in [0.15, 0.2) is 18.2 Å². The zero-order chi connectivity index (χ0) is 17.0. The molecule has 1 aromatic carbocycles. The zero-order valence-electron chi connectivity index (χ0n) is 13.0. The van der Waals surface area contributed by atoms with Crippen LogP contribution in [0.2, 0.25) is 0 Å². The van der Waals surface area contributed by atoms with Crippen molar-refractivity contribution in [2.75, 3.05) is 0 Å². The number of esters is 1. The number of ether oxygens (including phenoxy) is 1. The quantitative estimate of drug-likeness (QED) is 0.825. The van der Waals surface area contributed by atoms with E-state index in [-0.39, 0.29) is 12.2 Å². The Morgan fingerprint density at radius 2 is 2.13 bits per heavy atom. The highest BCUT2D eigenvalue weighted by atomic mass is 19.4. The molecule has 0 radical (unpaired) electrons. The average molecular weight is 330 g/mol. The van der Waals surface area contributed by atoms with Gasteiger partial charge in [-0.2, -0.15) is 13.2 Å². The topological polar surface area (TPSA) is 46.5 Å². The van der Waals surface area contributed by atoms with E-state index in [0.29, 0.717) is 32.1 Å². The number of fused-ring (bicyclic) bond motifs is 1. The Labute approximate surface area is 133 Å². The number of carbonyl (C=O) groups excluding carboxylic acids is 1. The first-order valence-corrected chi connectivity index (χ1v) is 7.89. The molecule has 0 aliphatic heterocycles. The van der Waals surface area contributed by atoms with Crippen LogP contribution in [-0.4, -0.2) is 23.4 Å². The largest absolute Gasteiger partial charge is 0.508 e. The number of alkyl halides is 3. The lowest BCUT2D eigenvalue weighted by molar-refractivity contribution is -0.225. The molecule has 6 heteroatoms. The molecule has 0 bridgehead atoms. The molecule has 1 aromatic rings. The monoisotopic (exact) mass is 330 g/mol. The summed E-state index contributed by atoms with van der Waals surface area (Å²) in [5.74, 6) is -1.18. The van der Waals surface area contributed by atoms with Crippen LogP contribution in [0.3, 0.4) is 0 Å². The molecule has 0 aromatic heterocycles. The van der Waals surface area contributed by atoms with Crippen molar-refractivity contribution in [2.45, 2.75) is 57.7 Å². The van der Waals surface area contributed by atoms with Gasteiger partial charge in [-0.15, -0.1) is 0 Å². The molecule has 23 heavy (non-hydrogen) atoms. The van der Waals surface area contributed by atoms with Gasteiger partial charge in [0.15, 0.2) is 6.10 Å². The fraction of sp³-hybridized carbons (Fsp3) is 0.588. The number of aromatic hydroxyl groups is 1. The summed E-state index contributed by atoms with van der Waals surface area (Å²) in [7, 11) is 0.